The van der Waals surface area contributed by atoms with Crippen molar-refractivity contribution in [2.75, 3.05) is 22.7 Å². The third-order valence-electron chi connectivity index (χ3n) is 5.61. The number of ether oxygens (including phenoxy) is 1. The maximum atomic E-state index is 13.9. The fourth-order valence-corrected chi connectivity index (χ4v) is 5.64. The summed E-state index contributed by atoms with van der Waals surface area (Å²) in [5.41, 5.74) is 2.77. The number of amides is 2. The van der Waals surface area contributed by atoms with Crippen LogP contribution in [0.25, 0.3) is 0 Å². The summed E-state index contributed by atoms with van der Waals surface area (Å²) in [4.78, 5) is 29.0. The van der Waals surface area contributed by atoms with E-state index < -0.39 is 4.87 Å². The van der Waals surface area contributed by atoms with Crippen LogP contribution in [-0.4, -0.2) is 24.7 Å². The number of hydrogen-bond donors (Lipinski definition) is 0. The number of fused-ring (bicyclic) bond motifs is 2. The van der Waals surface area contributed by atoms with Gasteiger partial charge in [0.1, 0.15) is 11.6 Å². The van der Waals surface area contributed by atoms with Crippen LogP contribution in [0.5, 0.6) is 5.75 Å². The van der Waals surface area contributed by atoms with Crippen LogP contribution in [0.2, 0.25) is 0 Å². The number of thioether (sulfide) groups is 1. The molecule has 31 heavy (non-hydrogen) atoms. The maximum absolute atomic E-state index is 13.9. The first kappa shape index (κ1) is 19.6. The Bertz CT molecular complexity index is 1200. The van der Waals surface area contributed by atoms with Crippen LogP contribution in [0.3, 0.4) is 0 Å². The molecular weight excluding hydrogens is 415 g/mol. The normalized spacial score (nSPS) is 19.9. The van der Waals surface area contributed by atoms with E-state index in [1.165, 1.54) is 23.9 Å². The molecule has 0 aromatic heterocycles. The quantitative estimate of drug-likeness (QED) is 0.614. The van der Waals surface area contributed by atoms with E-state index >= 15 is 0 Å². The molecule has 1 fully saturated rings. The minimum atomic E-state index is -1.20. The number of anilines is 2. The van der Waals surface area contributed by atoms with Gasteiger partial charge in [-0.05, 0) is 35.9 Å². The standard InChI is InChI=1S/C24H19FN2O3S/c1-30-19-9-5-8-18(13-19)27-22(28)15-31-24(27)20-10-2-3-11-21(20)26(23(24)29)14-16-6-4-7-17(25)12-16/h2-13H,14-15H2,1H3/t24-/m1/s1. The largest absolute Gasteiger partial charge is 0.497 e. The summed E-state index contributed by atoms with van der Waals surface area (Å²) in [5.74, 6) is 0.0827. The molecule has 2 amide bonds. The van der Waals surface area contributed by atoms with E-state index in [1.807, 2.05) is 24.3 Å². The van der Waals surface area contributed by atoms with Gasteiger partial charge in [-0.1, -0.05) is 36.4 Å². The summed E-state index contributed by atoms with van der Waals surface area (Å²) in [6.07, 6.45) is 0. The minimum absolute atomic E-state index is 0.144. The average molecular weight is 434 g/mol. The maximum Gasteiger partial charge on any atom is 0.269 e. The van der Waals surface area contributed by atoms with E-state index in [9.17, 15) is 14.0 Å². The lowest BCUT2D eigenvalue weighted by molar-refractivity contribution is -0.123. The van der Waals surface area contributed by atoms with Crippen molar-refractivity contribution in [2.24, 2.45) is 0 Å². The van der Waals surface area contributed by atoms with E-state index in [-0.39, 0.29) is 29.9 Å². The van der Waals surface area contributed by atoms with Gasteiger partial charge in [0.2, 0.25) is 10.8 Å². The molecule has 0 bridgehead atoms. The molecule has 0 saturated carbocycles. The van der Waals surface area contributed by atoms with Gasteiger partial charge in [0.15, 0.2) is 0 Å². The van der Waals surface area contributed by atoms with Crippen LogP contribution in [0.4, 0.5) is 15.8 Å². The second-order valence-electron chi connectivity index (χ2n) is 7.40. The van der Waals surface area contributed by atoms with E-state index in [0.717, 1.165) is 11.3 Å². The Morgan fingerprint density at radius 1 is 1.03 bits per heavy atom. The number of methoxy groups -OCH3 is 1. The molecular formula is C24H19FN2O3S. The molecule has 1 saturated heterocycles. The first-order valence-electron chi connectivity index (χ1n) is 9.81. The summed E-state index contributed by atoms with van der Waals surface area (Å²) in [6, 6.07) is 20.9. The molecule has 1 spiro atoms. The first-order chi connectivity index (χ1) is 15.0. The van der Waals surface area contributed by atoms with Gasteiger partial charge in [0.05, 0.1) is 25.1 Å². The van der Waals surface area contributed by atoms with Gasteiger partial charge >= 0.3 is 0 Å². The summed E-state index contributed by atoms with van der Waals surface area (Å²) >= 11 is 1.32. The fraction of sp³-hybridized carbons (Fsp3) is 0.167. The monoisotopic (exact) mass is 434 g/mol. The SMILES string of the molecule is COc1cccc(N2C(=O)CS[C@]23C(=O)N(Cc2cccc(F)c2)c2ccccc23)c1. The number of carbonyl (C=O) groups is 2. The van der Waals surface area contributed by atoms with Gasteiger partial charge in [-0.25, -0.2) is 4.39 Å². The molecule has 7 heteroatoms. The molecule has 3 aromatic rings. The Balaban J connectivity index is 1.64. The molecule has 0 unspecified atom stereocenters. The Labute approximate surface area is 183 Å². The van der Waals surface area contributed by atoms with Crippen molar-refractivity contribution in [1.82, 2.24) is 0 Å². The Morgan fingerprint density at radius 3 is 2.65 bits per heavy atom. The number of halogens is 1. The molecule has 2 heterocycles. The van der Waals surface area contributed by atoms with Crippen LogP contribution in [-0.2, 0) is 21.0 Å². The predicted octanol–water partition coefficient (Wildman–Crippen LogP) is 4.31. The molecule has 0 N–H and O–H groups in total. The molecule has 5 rings (SSSR count). The van der Waals surface area contributed by atoms with E-state index in [4.69, 9.17) is 4.74 Å². The second kappa shape index (κ2) is 7.42. The van der Waals surface area contributed by atoms with Crippen molar-refractivity contribution in [2.45, 2.75) is 11.4 Å². The lowest BCUT2D eigenvalue weighted by atomic mass is 10.0. The van der Waals surface area contributed by atoms with Crippen LogP contribution < -0.4 is 14.5 Å². The Hall–Kier alpha value is -3.32. The molecule has 156 valence electrons. The number of rotatable bonds is 4. The summed E-state index contributed by atoms with van der Waals surface area (Å²) in [5, 5.41) is 0. The first-order valence-corrected chi connectivity index (χ1v) is 10.8. The van der Waals surface area contributed by atoms with Gasteiger partial charge in [0, 0.05) is 17.3 Å². The zero-order valence-electron chi connectivity index (χ0n) is 16.7. The lowest BCUT2D eigenvalue weighted by Crippen LogP contribution is -2.49. The summed E-state index contributed by atoms with van der Waals surface area (Å²) < 4.78 is 19.1. The highest BCUT2D eigenvalue weighted by Gasteiger charge is 2.60. The van der Waals surface area contributed by atoms with E-state index in [0.29, 0.717) is 17.0 Å². The smallest absolute Gasteiger partial charge is 0.269 e. The van der Waals surface area contributed by atoms with Crippen LogP contribution in [0.15, 0.2) is 72.8 Å². The highest BCUT2D eigenvalue weighted by molar-refractivity contribution is 8.02. The van der Waals surface area contributed by atoms with Gasteiger partial charge in [0.25, 0.3) is 5.91 Å². The molecule has 2 aliphatic rings. The zero-order chi connectivity index (χ0) is 21.6. The third-order valence-corrected chi connectivity index (χ3v) is 6.99. The molecule has 2 aliphatic heterocycles. The van der Waals surface area contributed by atoms with Crippen LogP contribution >= 0.6 is 11.8 Å². The molecule has 0 radical (unpaired) electrons. The van der Waals surface area contributed by atoms with E-state index in [2.05, 4.69) is 0 Å². The van der Waals surface area contributed by atoms with Crippen molar-refractivity contribution in [3.63, 3.8) is 0 Å². The summed E-state index contributed by atoms with van der Waals surface area (Å²) in [6.45, 7) is 0.218. The van der Waals surface area contributed by atoms with Gasteiger partial charge < -0.3 is 9.64 Å². The van der Waals surface area contributed by atoms with Crippen molar-refractivity contribution in [3.8, 4) is 5.75 Å². The summed E-state index contributed by atoms with van der Waals surface area (Å²) in [7, 11) is 1.56. The highest BCUT2D eigenvalue weighted by atomic mass is 32.2. The molecule has 3 aromatic carbocycles. The predicted molar refractivity (Wildman–Crippen MR) is 119 cm³/mol. The number of nitrogens with zero attached hydrogens (tertiary/aromatic N) is 2. The van der Waals surface area contributed by atoms with Crippen LogP contribution in [0, 0.1) is 5.82 Å². The van der Waals surface area contributed by atoms with Gasteiger partial charge in [-0.15, -0.1) is 11.8 Å². The number of carbonyl (C=O) groups excluding carboxylic acids is 2. The Kier molecular flexibility index (Phi) is 4.70. The molecule has 1 atom stereocenters. The molecule has 0 aliphatic carbocycles. The number of para-hydroxylation sites is 1. The number of benzene rings is 3. The minimum Gasteiger partial charge on any atom is -0.497 e. The third kappa shape index (κ3) is 2.99. The lowest BCUT2D eigenvalue weighted by Gasteiger charge is -2.33. The van der Waals surface area contributed by atoms with Crippen molar-refractivity contribution in [1.29, 1.82) is 0 Å². The van der Waals surface area contributed by atoms with Crippen molar-refractivity contribution < 1.29 is 18.7 Å². The van der Waals surface area contributed by atoms with Gasteiger partial charge in [-0.3, -0.25) is 14.5 Å². The van der Waals surface area contributed by atoms with Crippen LogP contribution in [0.1, 0.15) is 11.1 Å². The number of hydrogen-bond acceptors (Lipinski definition) is 4. The zero-order valence-corrected chi connectivity index (χ0v) is 17.6. The topological polar surface area (TPSA) is 49.9 Å². The highest BCUT2D eigenvalue weighted by Crippen LogP contribution is 2.56. The second-order valence-corrected chi connectivity index (χ2v) is 8.57. The Morgan fingerprint density at radius 2 is 1.84 bits per heavy atom. The van der Waals surface area contributed by atoms with E-state index in [1.54, 1.807) is 53.3 Å². The van der Waals surface area contributed by atoms with Crippen molar-refractivity contribution >= 4 is 35.0 Å². The fourth-order valence-electron chi connectivity index (χ4n) is 4.28. The average Bonchev–Trinajstić information content (AvgIpc) is 3.25. The molecule has 5 nitrogen and oxygen atoms in total. The van der Waals surface area contributed by atoms with Gasteiger partial charge in [-0.2, -0.15) is 0 Å². The van der Waals surface area contributed by atoms with Crippen molar-refractivity contribution in [3.05, 3.63) is 89.7 Å².